The fraction of sp³-hybridized carbons (Fsp3) is 0.667. The second-order valence-electron chi connectivity index (χ2n) is 4.63. The van der Waals surface area contributed by atoms with Crippen LogP contribution in [0.1, 0.15) is 25.7 Å². The number of hydrogen-bond donors (Lipinski definition) is 2. The molecular weight excluding hydrogens is 252 g/mol. The Labute approximate surface area is 112 Å². The number of halogens is 1. The maximum atomic E-state index is 11.5. The fourth-order valence-electron chi connectivity index (χ4n) is 2.50. The van der Waals surface area contributed by atoms with Crippen LogP contribution in [-0.2, 0) is 0 Å². The van der Waals surface area contributed by atoms with Crippen LogP contribution in [0.2, 0.25) is 5.02 Å². The van der Waals surface area contributed by atoms with Gasteiger partial charge in [-0.25, -0.2) is 5.10 Å². The average molecular weight is 271 g/mol. The minimum atomic E-state index is -0.313. The standard InChI is InChI=1S/C12H19ClN4O/c1-14-6-5-9-4-2-3-7-17(9)10-8-15-16-12(18)11(10)13/h8-9,14H,2-7H2,1H3,(H,16,18). The van der Waals surface area contributed by atoms with Crippen molar-refractivity contribution < 1.29 is 0 Å². The zero-order chi connectivity index (χ0) is 13.0. The molecule has 0 saturated carbocycles. The minimum absolute atomic E-state index is 0.251. The maximum absolute atomic E-state index is 11.5. The Morgan fingerprint density at radius 1 is 1.61 bits per heavy atom. The van der Waals surface area contributed by atoms with E-state index in [-0.39, 0.29) is 10.6 Å². The van der Waals surface area contributed by atoms with Crippen LogP contribution in [0.15, 0.2) is 11.0 Å². The molecule has 0 spiro atoms. The van der Waals surface area contributed by atoms with Gasteiger partial charge in [-0.2, -0.15) is 5.10 Å². The van der Waals surface area contributed by atoms with Crippen LogP contribution in [-0.4, -0.2) is 36.4 Å². The highest BCUT2D eigenvalue weighted by Crippen LogP contribution is 2.29. The van der Waals surface area contributed by atoms with Crippen molar-refractivity contribution in [3.05, 3.63) is 21.6 Å². The number of anilines is 1. The van der Waals surface area contributed by atoms with Gasteiger partial charge in [-0.15, -0.1) is 0 Å². The lowest BCUT2D eigenvalue weighted by molar-refractivity contribution is 0.433. The lowest BCUT2D eigenvalue weighted by Gasteiger charge is -2.37. The van der Waals surface area contributed by atoms with E-state index in [0.717, 1.165) is 38.0 Å². The molecule has 5 nitrogen and oxygen atoms in total. The van der Waals surface area contributed by atoms with Crippen LogP contribution in [0.4, 0.5) is 5.69 Å². The number of aromatic amines is 1. The summed E-state index contributed by atoms with van der Waals surface area (Å²) in [5.74, 6) is 0. The molecule has 1 aromatic heterocycles. The zero-order valence-corrected chi connectivity index (χ0v) is 11.3. The predicted molar refractivity (Wildman–Crippen MR) is 73.4 cm³/mol. The van der Waals surface area contributed by atoms with E-state index in [0.29, 0.717) is 6.04 Å². The van der Waals surface area contributed by atoms with Crippen LogP contribution in [0, 0.1) is 0 Å². The predicted octanol–water partition coefficient (Wildman–Crippen LogP) is 1.39. The quantitative estimate of drug-likeness (QED) is 0.868. The Kier molecular flexibility index (Phi) is 4.60. The molecule has 1 aliphatic heterocycles. The van der Waals surface area contributed by atoms with Gasteiger partial charge in [-0.05, 0) is 39.3 Å². The summed E-state index contributed by atoms with van der Waals surface area (Å²) in [4.78, 5) is 13.7. The summed E-state index contributed by atoms with van der Waals surface area (Å²) in [5.41, 5.74) is 0.452. The first-order valence-electron chi connectivity index (χ1n) is 6.38. The molecular formula is C12H19ClN4O. The number of hydrogen-bond acceptors (Lipinski definition) is 4. The van der Waals surface area contributed by atoms with E-state index < -0.39 is 0 Å². The summed E-state index contributed by atoms with van der Waals surface area (Å²) in [6, 6.07) is 0.437. The second-order valence-corrected chi connectivity index (χ2v) is 5.01. The molecule has 0 radical (unpaired) electrons. The molecule has 0 bridgehead atoms. The van der Waals surface area contributed by atoms with Crippen LogP contribution < -0.4 is 15.8 Å². The third-order valence-electron chi connectivity index (χ3n) is 3.44. The number of piperidine rings is 1. The summed E-state index contributed by atoms with van der Waals surface area (Å²) in [5, 5.41) is 9.64. The normalized spacial score (nSPS) is 20.1. The first-order chi connectivity index (χ1) is 8.74. The Hall–Kier alpha value is -1.07. The first kappa shape index (κ1) is 13.4. The highest BCUT2D eigenvalue weighted by molar-refractivity contribution is 6.33. The fourth-order valence-corrected chi connectivity index (χ4v) is 2.70. The Balaban J connectivity index is 2.22. The van der Waals surface area contributed by atoms with Crippen LogP contribution >= 0.6 is 11.6 Å². The van der Waals surface area contributed by atoms with Gasteiger partial charge in [0.25, 0.3) is 5.56 Å². The van der Waals surface area contributed by atoms with Gasteiger partial charge >= 0.3 is 0 Å². The SMILES string of the molecule is CNCCC1CCCCN1c1cn[nH]c(=O)c1Cl. The number of aromatic nitrogens is 2. The van der Waals surface area contributed by atoms with Gasteiger partial charge in [0.1, 0.15) is 5.02 Å². The lowest BCUT2D eigenvalue weighted by atomic mass is 9.99. The minimum Gasteiger partial charge on any atom is -0.366 e. The number of nitrogens with zero attached hydrogens (tertiary/aromatic N) is 2. The Bertz CT molecular complexity index is 448. The van der Waals surface area contributed by atoms with E-state index in [4.69, 9.17) is 11.6 Å². The third-order valence-corrected chi connectivity index (χ3v) is 3.81. The van der Waals surface area contributed by atoms with E-state index >= 15 is 0 Å². The van der Waals surface area contributed by atoms with Crippen molar-refractivity contribution in [1.29, 1.82) is 0 Å². The molecule has 1 fully saturated rings. The zero-order valence-electron chi connectivity index (χ0n) is 10.6. The molecule has 0 amide bonds. The highest BCUT2D eigenvalue weighted by atomic mass is 35.5. The third kappa shape index (κ3) is 2.84. The average Bonchev–Trinajstić information content (AvgIpc) is 2.40. The van der Waals surface area contributed by atoms with E-state index in [1.807, 2.05) is 7.05 Å². The molecule has 1 unspecified atom stereocenters. The molecule has 2 heterocycles. The van der Waals surface area contributed by atoms with E-state index in [2.05, 4.69) is 20.4 Å². The topological polar surface area (TPSA) is 61.0 Å². The highest BCUT2D eigenvalue weighted by Gasteiger charge is 2.24. The summed E-state index contributed by atoms with van der Waals surface area (Å²) in [7, 11) is 1.95. The van der Waals surface area contributed by atoms with Crippen molar-refractivity contribution in [2.75, 3.05) is 25.0 Å². The molecule has 1 atom stereocenters. The molecule has 0 aromatic carbocycles. The van der Waals surface area contributed by atoms with E-state index in [9.17, 15) is 4.79 Å². The smallest absolute Gasteiger partial charge is 0.285 e. The van der Waals surface area contributed by atoms with Crippen LogP contribution in [0.5, 0.6) is 0 Å². The molecule has 6 heteroatoms. The maximum Gasteiger partial charge on any atom is 0.285 e. The van der Waals surface area contributed by atoms with Crippen molar-refractivity contribution in [2.24, 2.45) is 0 Å². The van der Waals surface area contributed by atoms with E-state index in [1.165, 1.54) is 6.42 Å². The van der Waals surface area contributed by atoms with Crippen molar-refractivity contribution in [2.45, 2.75) is 31.7 Å². The number of nitrogens with one attached hydrogen (secondary N) is 2. The summed E-state index contributed by atoms with van der Waals surface area (Å²) in [6.45, 7) is 1.91. The first-order valence-corrected chi connectivity index (χ1v) is 6.76. The van der Waals surface area contributed by atoms with Crippen molar-refractivity contribution in [3.8, 4) is 0 Å². The van der Waals surface area contributed by atoms with Crippen molar-refractivity contribution in [1.82, 2.24) is 15.5 Å². The van der Waals surface area contributed by atoms with E-state index in [1.54, 1.807) is 6.20 Å². The number of rotatable bonds is 4. The van der Waals surface area contributed by atoms with Crippen LogP contribution in [0.3, 0.4) is 0 Å². The van der Waals surface area contributed by atoms with Gasteiger partial charge in [0.2, 0.25) is 0 Å². The van der Waals surface area contributed by atoms with Gasteiger partial charge < -0.3 is 10.2 Å². The molecule has 18 heavy (non-hydrogen) atoms. The summed E-state index contributed by atoms with van der Waals surface area (Å²) < 4.78 is 0. The molecule has 1 aliphatic rings. The van der Waals surface area contributed by atoms with Gasteiger partial charge in [-0.3, -0.25) is 4.79 Å². The van der Waals surface area contributed by atoms with Gasteiger partial charge in [0.15, 0.2) is 0 Å². The lowest BCUT2D eigenvalue weighted by Crippen LogP contribution is -2.41. The van der Waals surface area contributed by atoms with Crippen molar-refractivity contribution >= 4 is 17.3 Å². The van der Waals surface area contributed by atoms with Crippen molar-refractivity contribution in [3.63, 3.8) is 0 Å². The number of H-pyrrole nitrogens is 1. The largest absolute Gasteiger partial charge is 0.366 e. The molecule has 2 rings (SSSR count). The molecule has 1 aromatic rings. The van der Waals surface area contributed by atoms with Crippen LogP contribution in [0.25, 0.3) is 0 Å². The van der Waals surface area contributed by atoms with Gasteiger partial charge in [0.05, 0.1) is 11.9 Å². The Morgan fingerprint density at radius 3 is 3.22 bits per heavy atom. The molecule has 100 valence electrons. The van der Waals surface area contributed by atoms with Gasteiger partial charge in [-0.1, -0.05) is 11.6 Å². The molecule has 1 saturated heterocycles. The summed E-state index contributed by atoms with van der Waals surface area (Å²) in [6.07, 6.45) is 6.23. The molecule has 0 aliphatic carbocycles. The summed E-state index contributed by atoms with van der Waals surface area (Å²) >= 11 is 6.08. The Morgan fingerprint density at radius 2 is 2.44 bits per heavy atom. The molecule has 2 N–H and O–H groups in total. The van der Waals surface area contributed by atoms with Gasteiger partial charge in [0, 0.05) is 12.6 Å². The monoisotopic (exact) mass is 270 g/mol. The second kappa shape index (κ2) is 6.20.